The maximum Gasteiger partial charge on any atom is 0.0898 e. The Kier molecular flexibility index (Phi) is 15.0. The summed E-state index contributed by atoms with van der Waals surface area (Å²) in [5, 5.41) is 0. The summed E-state index contributed by atoms with van der Waals surface area (Å²) in [5.41, 5.74) is 0. The molecule has 4 heteroatoms. The maximum atomic E-state index is 4.46. The van der Waals surface area contributed by atoms with E-state index in [2.05, 4.69) is 45.1 Å². The van der Waals surface area contributed by atoms with Crippen molar-refractivity contribution in [2.45, 2.75) is 153 Å². The fourth-order valence-corrected chi connectivity index (χ4v) is 5.23. The first-order valence-electron chi connectivity index (χ1n) is 13.7. The van der Waals surface area contributed by atoms with Crippen molar-refractivity contribution < 1.29 is 0 Å². The zero-order valence-corrected chi connectivity index (χ0v) is 20.7. The van der Waals surface area contributed by atoms with Crippen LogP contribution in [0.1, 0.15) is 128 Å². The number of aliphatic imine (C=N–C) groups is 4. The summed E-state index contributed by atoms with van der Waals surface area (Å²) in [5.74, 6) is 0. The Morgan fingerprint density at radius 2 is 0.531 bits per heavy atom. The molecule has 4 aliphatic carbocycles. The van der Waals surface area contributed by atoms with E-state index in [1.165, 1.54) is 128 Å². The molecule has 4 fully saturated rings. The molecule has 4 aliphatic rings. The van der Waals surface area contributed by atoms with E-state index in [1.54, 1.807) is 0 Å². The van der Waals surface area contributed by atoms with Gasteiger partial charge in [0.2, 0.25) is 0 Å². The van der Waals surface area contributed by atoms with Crippen LogP contribution in [-0.4, -0.2) is 36.2 Å². The fourth-order valence-electron chi connectivity index (χ4n) is 5.23. The molecule has 0 radical (unpaired) electrons. The van der Waals surface area contributed by atoms with Crippen molar-refractivity contribution in [1.29, 1.82) is 0 Å². The summed E-state index contributed by atoms with van der Waals surface area (Å²) in [6, 6.07) is 8.08. The number of nitrogens with zero attached hydrogens (tertiary/aromatic N) is 4. The Balaban J connectivity index is 0.000000211. The maximum absolute atomic E-state index is 4.46. The molecule has 4 nitrogen and oxygen atoms in total. The van der Waals surface area contributed by atoms with Crippen molar-refractivity contribution in [2.24, 2.45) is 20.0 Å². The number of hydrogen-bond acceptors (Lipinski definition) is 4. The lowest BCUT2D eigenvalue weighted by Gasteiger charge is -2.17. The molecule has 0 heterocycles. The smallest absolute Gasteiger partial charge is 0.0898 e. The predicted molar refractivity (Wildman–Crippen MR) is 138 cm³/mol. The van der Waals surface area contributed by atoms with E-state index in [1.807, 2.05) is 0 Å². The topological polar surface area (TPSA) is 49.4 Å². The van der Waals surface area contributed by atoms with Gasteiger partial charge in [0.05, 0.1) is 36.2 Å². The highest BCUT2D eigenvalue weighted by Gasteiger charge is 2.13. The molecule has 180 valence electrons. The van der Waals surface area contributed by atoms with Crippen molar-refractivity contribution >= 4 is 12.0 Å². The van der Waals surface area contributed by atoms with Crippen molar-refractivity contribution in [3.8, 4) is 0 Å². The lowest BCUT2D eigenvalue weighted by Crippen LogP contribution is -2.10. The summed E-state index contributed by atoms with van der Waals surface area (Å²) < 4.78 is 0. The van der Waals surface area contributed by atoms with Crippen LogP contribution in [-0.2, 0) is 0 Å². The van der Waals surface area contributed by atoms with Crippen molar-refractivity contribution in [3.05, 3.63) is 13.2 Å². The SMILES string of the molecule is C(=NC1CCCCC1)=NC1CCCCC1.C(=NC1CCCCC1)=NC1CCCCC1.C=C. The summed E-state index contributed by atoms with van der Waals surface area (Å²) in [6.45, 7) is 6.00. The van der Waals surface area contributed by atoms with Crippen LogP contribution in [0.15, 0.2) is 33.1 Å². The molecule has 0 unspecified atom stereocenters. The van der Waals surface area contributed by atoms with E-state index >= 15 is 0 Å². The molecule has 32 heavy (non-hydrogen) atoms. The summed E-state index contributed by atoms with van der Waals surface area (Å²) in [4.78, 5) is 17.8. The van der Waals surface area contributed by atoms with Gasteiger partial charge < -0.3 is 0 Å². The van der Waals surface area contributed by atoms with Crippen LogP contribution in [0.4, 0.5) is 0 Å². The molecule has 0 N–H and O–H groups in total. The zero-order chi connectivity index (χ0) is 22.7. The molecule has 0 aromatic rings. The largest absolute Gasteiger partial charge is 0.222 e. The predicted octanol–water partition coefficient (Wildman–Crippen LogP) is 8.45. The first-order valence-corrected chi connectivity index (χ1v) is 13.7. The van der Waals surface area contributed by atoms with E-state index in [9.17, 15) is 0 Å². The molecule has 0 spiro atoms. The van der Waals surface area contributed by atoms with Crippen molar-refractivity contribution in [2.75, 3.05) is 0 Å². The third-order valence-electron chi connectivity index (χ3n) is 7.26. The van der Waals surface area contributed by atoms with Crippen LogP contribution in [0.2, 0.25) is 0 Å². The molecule has 0 bridgehead atoms. The molecule has 0 aromatic carbocycles. The second-order valence-corrected chi connectivity index (χ2v) is 9.88. The van der Waals surface area contributed by atoms with Gasteiger partial charge in [-0.15, -0.1) is 13.2 Å². The fraction of sp³-hybridized carbons (Fsp3) is 0.857. The average Bonchev–Trinajstić information content (AvgIpc) is 2.88. The monoisotopic (exact) mass is 440 g/mol. The van der Waals surface area contributed by atoms with E-state index in [-0.39, 0.29) is 0 Å². The standard InChI is InChI=1S/2C13H22N2.C2H4/c2*1-3-7-12(8-4-1)14-11-15-13-9-5-2-6-10-13;1-2/h2*12-13H,1-10H2;1-2H2. The van der Waals surface area contributed by atoms with Gasteiger partial charge in [-0.05, 0) is 51.4 Å². The van der Waals surface area contributed by atoms with Gasteiger partial charge in [0.15, 0.2) is 0 Å². The molecular weight excluding hydrogens is 392 g/mol. The van der Waals surface area contributed by atoms with E-state index in [4.69, 9.17) is 0 Å². The summed E-state index contributed by atoms with van der Waals surface area (Å²) in [6.07, 6.45) is 26.4. The van der Waals surface area contributed by atoms with Gasteiger partial charge >= 0.3 is 0 Å². The highest BCUT2D eigenvalue weighted by Crippen LogP contribution is 2.22. The summed E-state index contributed by atoms with van der Waals surface area (Å²) >= 11 is 0. The molecule has 0 aliphatic heterocycles. The third-order valence-corrected chi connectivity index (χ3v) is 7.26. The van der Waals surface area contributed by atoms with Crippen LogP contribution in [0.3, 0.4) is 0 Å². The normalized spacial score (nSPS) is 23.1. The molecule has 0 amide bonds. The molecule has 0 aromatic heterocycles. The highest BCUT2D eigenvalue weighted by atomic mass is 14.9. The van der Waals surface area contributed by atoms with E-state index < -0.39 is 0 Å². The van der Waals surface area contributed by atoms with Crippen LogP contribution >= 0.6 is 0 Å². The first-order chi connectivity index (χ1) is 15.9. The molecule has 4 saturated carbocycles. The van der Waals surface area contributed by atoms with Crippen LogP contribution in [0, 0.1) is 0 Å². The minimum atomic E-state index is 0.533. The highest BCUT2D eigenvalue weighted by molar-refractivity contribution is 5.42. The molecular formula is C28H48N4. The minimum absolute atomic E-state index is 0.533. The second-order valence-electron chi connectivity index (χ2n) is 9.88. The Bertz CT molecular complexity index is 481. The van der Waals surface area contributed by atoms with E-state index in [0.717, 1.165) is 0 Å². The Labute approximate surface area is 197 Å². The van der Waals surface area contributed by atoms with Crippen LogP contribution < -0.4 is 0 Å². The van der Waals surface area contributed by atoms with Gasteiger partial charge in [-0.1, -0.05) is 77.0 Å². The molecule has 0 saturated heterocycles. The van der Waals surface area contributed by atoms with Gasteiger partial charge in [-0.25, -0.2) is 20.0 Å². The van der Waals surface area contributed by atoms with Gasteiger partial charge in [0.25, 0.3) is 0 Å². The average molecular weight is 441 g/mol. The molecule has 0 atom stereocenters. The summed E-state index contributed by atoms with van der Waals surface area (Å²) in [7, 11) is 0. The Morgan fingerprint density at radius 3 is 0.719 bits per heavy atom. The lowest BCUT2D eigenvalue weighted by molar-refractivity contribution is 0.438. The third kappa shape index (κ3) is 11.9. The first kappa shape index (κ1) is 26.7. The van der Waals surface area contributed by atoms with Crippen LogP contribution in [0.25, 0.3) is 0 Å². The molecule has 4 rings (SSSR count). The van der Waals surface area contributed by atoms with Crippen molar-refractivity contribution in [1.82, 2.24) is 0 Å². The van der Waals surface area contributed by atoms with Gasteiger partial charge in [-0.2, -0.15) is 0 Å². The minimum Gasteiger partial charge on any atom is -0.222 e. The second kappa shape index (κ2) is 18.0. The van der Waals surface area contributed by atoms with E-state index in [0.29, 0.717) is 24.2 Å². The van der Waals surface area contributed by atoms with Crippen LogP contribution in [0.5, 0.6) is 0 Å². The van der Waals surface area contributed by atoms with Gasteiger partial charge in [0.1, 0.15) is 0 Å². The van der Waals surface area contributed by atoms with Gasteiger partial charge in [0, 0.05) is 0 Å². The quantitative estimate of drug-likeness (QED) is 0.311. The van der Waals surface area contributed by atoms with Crippen molar-refractivity contribution in [3.63, 3.8) is 0 Å². The van der Waals surface area contributed by atoms with Gasteiger partial charge in [-0.3, -0.25) is 0 Å². The zero-order valence-electron chi connectivity index (χ0n) is 20.7. The lowest BCUT2D eigenvalue weighted by atomic mass is 9.96. The number of rotatable bonds is 4. The Morgan fingerprint density at radius 1 is 0.344 bits per heavy atom. The number of hydrogen-bond donors (Lipinski definition) is 0. The Hall–Kier alpha value is -1.50.